The first-order chi connectivity index (χ1) is 17.5. The van der Waals surface area contributed by atoms with Gasteiger partial charge in [0.15, 0.2) is 6.10 Å². The highest BCUT2D eigenvalue weighted by atomic mass is 16.6. The second-order valence-electron chi connectivity index (χ2n) is 16.1. The summed E-state index contributed by atoms with van der Waals surface area (Å²) in [6.07, 6.45) is 4.82. The number of carbonyl (C=O) groups excluding carboxylic acids is 1. The number of aliphatic hydroxyl groups excluding tert-OH is 2. The Labute approximate surface area is 228 Å². The predicted octanol–water partition coefficient (Wildman–Crippen LogP) is 4.40. The third-order valence-corrected chi connectivity index (χ3v) is 14.1. The molecule has 0 aromatic carbocycles. The van der Waals surface area contributed by atoms with Gasteiger partial charge in [0, 0.05) is 5.41 Å². The molecule has 38 heavy (non-hydrogen) atoms. The number of amides is 1. The number of hydrogen-bond acceptors (Lipinski definition) is 6. The van der Waals surface area contributed by atoms with Crippen molar-refractivity contribution in [2.75, 3.05) is 0 Å². The van der Waals surface area contributed by atoms with E-state index < -0.39 is 30.0 Å². The molecule has 1 amide bonds. The normalized spacial score (nSPS) is 55.4. The first-order valence-corrected chi connectivity index (χ1v) is 15.2. The van der Waals surface area contributed by atoms with Gasteiger partial charge in [0.05, 0.1) is 30.0 Å². The van der Waals surface area contributed by atoms with Crippen LogP contribution in [0.3, 0.4) is 0 Å². The van der Waals surface area contributed by atoms with Crippen LogP contribution in [0.25, 0.3) is 0 Å². The van der Waals surface area contributed by atoms with Gasteiger partial charge in [0.1, 0.15) is 0 Å². The van der Waals surface area contributed by atoms with E-state index in [1.54, 1.807) is 13.8 Å². The molecule has 6 rings (SSSR count). The van der Waals surface area contributed by atoms with Gasteiger partial charge in [-0.15, -0.1) is 0 Å². The highest BCUT2D eigenvalue weighted by Gasteiger charge is 2.84. The van der Waals surface area contributed by atoms with E-state index in [9.17, 15) is 20.1 Å². The van der Waals surface area contributed by atoms with Gasteiger partial charge in [-0.3, -0.25) is 0 Å². The van der Waals surface area contributed by atoms with E-state index in [1.807, 2.05) is 0 Å². The minimum absolute atomic E-state index is 0.0615. The number of hydrogen-bond donors (Lipinski definition) is 4. The van der Waals surface area contributed by atoms with Crippen LogP contribution in [0.2, 0.25) is 0 Å². The number of rotatable bonds is 3. The number of ether oxygens (including phenoxy) is 2. The standard InChI is InChI=1S/C31H51NO6/c1-16-14-17(24(27(4,5)36)38-25(32)35)37-22-21(16)28(6)12-13-31-15-30(31)11-10-20(33)26(2,3)18(30)8-9-19(31)29(28,7)23(22)34/h16-24,33-34,36H,8-15H2,1-7H3,(H2,32,35)/t16-,17-,18+,19+,20+,21?,22?,23+,24+,28-,29-,30-,31+/m1/s1. The van der Waals surface area contributed by atoms with Crippen molar-refractivity contribution in [1.29, 1.82) is 0 Å². The van der Waals surface area contributed by atoms with E-state index in [-0.39, 0.29) is 45.7 Å². The Morgan fingerprint density at radius 2 is 1.66 bits per heavy atom. The molecule has 1 saturated heterocycles. The summed E-state index contributed by atoms with van der Waals surface area (Å²) in [6.45, 7) is 14.8. The number of carbonyl (C=O) groups is 1. The topological polar surface area (TPSA) is 122 Å². The largest absolute Gasteiger partial charge is 0.441 e. The summed E-state index contributed by atoms with van der Waals surface area (Å²) in [5.74, 6) is 1.41. The van der Waals surface area contributed by atoms with Crippen molar-refractivity contribution < 1.29 is 29.6 Å². The van der Waals surface area contributed by atoms with Crippen molar-refractivity contribution in [1.82, 2.24) is 0 Å². The van der Waals surface area contributed by atoms with Crippen LogP contribution in [-0.2, 0) is 9.47 Å². The highest BCUT2D eigenvalue weighted by molar-refractivity contribution is 5.65. The minimum atomic E-state index is -1.32. The summed E-state index contributed by atoms with van der Waals surface area (Å²) in [5.41, 5.74) is 4.20. The lowest BCUT2D eigenvalue weighted by Gasteiger charge is -2.63. The molecule has 2 spiro atoms. The second kappa shape index (κ2) is 7.89. The van der Waals surface area contributed by atoms with E-state index in [1.165, 1.54) is 12.8 Å². The van der Waals surface area contributed by atoms with Gasteiger partial charge in [0.2, 0.25) is 0 Å². The van der Waals surface area contributed by atoms with Crippen molar-refractivity contribution in [3.8, 4) is 0 Å². The van der Waals surface area contributed by atoms with Crippen molar-refractivity contribution in [3.05, 3.63) is 0 Å². The van der Waals surface area contributed by atoms with Gasteiger partial charge < -0.3 is 30.5 Å². The molecular weight excluding hydrogens is 482 g/mol. The summed E-state index contributed by atoms with van der Waals surface area (Å²) in [7, 11) is 0. The molecule has 216 valence electrons. The minimum Gasteiger partial charge on any atom is -0.441 e. The molecule has 7 nitrogen and oxygen atoms in total. The van der Waals surface area contributed by atoms with E-state index >= 15 is 0 Å². The maximum absolute atomic E-state index is 12.3. The Morgan fingerprint density at radius 1 is 1.03 bits per heavy atom. The molecule has 5 saturated carbocycles. The number of primary amides is 1. The van der Waals surface area contributed by atoms with E-state index in [2.05, 4.69) is 34.6 Å². The molecule has 6 fully saturated rings. The molecule has 5 N–H and O–H groups in total. The van der Waals surface area contributed by atoms with E-state index in [0.29, 0.717) is 23.7 Å². The lowest BCUT2D eigenvalue weighted by molar-refractivity contribution is -0.202. The molecule has 0 radical (unpaired) electrons. The average Bonchev–Trinajstić information content (AvgIpc) is 3.44. The molecule has 6 aliphatic rings. The maximum Gasteiger partial charge on any atom is 0.404 e. The molecule has 13 atom stereocenters. The van der Waals surface area contributed by atoms with Gasteiger partial charge in [0.25, 0.3) is 0 Å². The Morgan fingerprint density at radius 3 is 2.29 bits per heavy atom. The van der Waals surface area contributed by atoms with E-state index in [4.69, 9.17) is 15.2 Å². The summed E-state index contributed by atoms with van der Waals surface area (Å²) in [6, 6.07) is 0. The van der Waals surface area contributed by atoms with Crippen molar-refractivity contribution in [2.45, 2.75) is 136 Å². The first kappa shape index (κ1) is 27.3. The Balaban J connectivity index is 1.35. The number of nitrogens with two attached hydrogens (primary N) is 1. The quantitative estimate of drug-likeness (QED) is 0.427. The zero-order valence-corrected chi connectivity index (χ0v) is 24.5. The number of fused-ring (bicyclic) bond motifs is 4. The second-order valence-corrected chi connectivity index (χ2v) is 16.1. The first-order valence-electron chi connectivity index (χ1n) is 15.2. The summed E-state index contributed by atoms with van der Waals surface area (Å²) >= 11 is 0. The van der Waals surface area contributed by atoms with Crippen molar-refractivity contribution in [2.24, 2.45) is 56.5 Å². The summed E-state index contributed by atoms with van der Waals surface area (Å²) < 4.78 is 12.1. The molecule has 1 heterocycles. The fourth-order valence-corrected chi connectivity index (χ4v) is 12.3. The van der Waals surface area contributed by atoms with Crippen LogP contribution in [0.15, 0.2) is 0 Å². The zero-order valence-electron chi connectivity index (χ0n) is 24.5. The molecule has 1 aliphatic heterocycles. The smallest absolute Gasteiger partial charge is 0.404 e. The monoisotopic (exact) mass is 533 g/mol. The number of aliphatic hydroxyl groups is 3. The summed E-state index contributed by atoms with van der Waals surface area (Å²) in [4.78, 5) is 11.7. The van der Waals surface area contributed by atoms with Crippen LogP contribution in [0, 0.1) is 50.7 Å². The van der Waals surface area contributed by atoms with Gasteiger partial charge in [-0.25, -0.2) is 4.79 Å². The SMILES string of the molecule is C[C@@H]1C[C@H]([C@H](OC(N)=O)C(C)(C)O)OC2C1[C@@]1(C)CC[C@@]34C[C@@]35CC[C@H](O)C(C)(C)[C@@H]5CC[C@H]4[C@]1(C)[C@H]2O. The molecule has 0 bridgehead atoms. The fourth-order valence-electron chi connectivity index (χ4n) is 12.3. The van der Waals surface area contributed by atoms with E-state index in [0.717, 1.165) is 32.1 Å². The average molecular weight is 534 g/mol. The van der Waals surface area contributed by atoms with Crippen LogP contribution < -0.4 is 5.73 Å². The molecule has 7 heteroatoms. The van der Waals surface area contributed by atoms with Gasteiger partial charge in [-0.05, 0) is 111 Å². The van der Waals surface area contributed by atoms with Crippen LogP contribution >= 0.6 is 0 Å². The molecule has 2 unspecified atom stereocenters. The lowest BCUT2D eigenvalue weighted by atomic mass is 9.41. The van der Waals surface area contributed by atoms with Gasteiger partial charge in [-0.1, -0.05) is 34.6 Å². The molecule has 5 aliphatic carbocycles. The third kappa shape index (κ3) is 3.08. The fraction of sp³-hybridized carbons (Fsp3) is 0.968. The van der Waals surface area contributed by atoms with Gasteiger partial charge >= 0.3 is 6.09 Å². The van der Waals surface area contributed by atoms with Crippen molar-refractivity contribution in [3.63, 3.8) is 0 Å². The molecule has 0 aromatic rings. The summed E-state index contributed by atoms with van der Waals surface area (Å²) in [5, 5.41) is 34.1. The Hall–Kier alpha value is -0.890. The molecule has 0 aromatic heterocycles. The molecular formula is C31H51NO6. The predicted molar refractivity (Wildman–Crippen MR) is 143 cm³/mol. The lowest BCUT2D eigenvalue weighted by Crippen LogP contribution is -2.59. The van der Waals surface area contributed by atoms with Crippen LogP contribution in [0.5, 0.6) is 0 Å². The van der Waals surface area contributed by atoms with Crippen LogP contribution in [-0.4, -0.2) is 57.5 Å². The highest BCUT2D eigenvalue weighted by Crippen LogP contribution is 2.89. The van der Waals surface area contributed by atoms with Crippen LogP contribution in [0.4, 0.5) is 4.79 Å². The Bertz CT molecular complexity index is 1010. The van der Waals surface area contributed by atoms with Crippen LogP contribution in [0.1, 0.15) is 99.8 Å². The van der Waals surface area contributed by atoms with Crippen molar-refractivity contribution >= 4 is 6.09 Å². The van der Waals surface area contributed by atoms with Gasteiger partial charge in [-0.2, -0.15) is 0 Å². The zero-order chi connectivity index (χ0) is 27.8. The Kier molecular flexibility index (Phi) is 5.67. The maximum atomic E-state index is 12.3. The third-order valence-electron chi connectivity index (χ3n) is 14.1.